The number of carbonyl (C=O) groups is 3. The monoisotopic (exact) mass is 288 g/mol. The third kappa shape index (κ3) is 3.90. The van der Waals surface area contributed by atoms with Crippen LogP contribution in [0, 0.1) is 0 Å². The van der Waals surface area contributed by atoms with Crippen LogP contribution in [0.3, 0.4) is 0 Å². The summed E-state index contributed by atoms with van der Waals surface area (Å²) in [6, 6.07) is 6.64. The summed E-state index contributed by atoms with van der Waals surface area (Å²) in [4.78, 5) is 36.6. The van der Waals surface area contributed by atoms with E-state index in [1.54, 1.807) is 36.1 Å². The summed E-state index contributed by atoms with van der Waals surface area (Å²) in [6.45, 7) is 3.70. The van der Waals surface area contributed by atoms with Gasteiger partial charge in [-0.25, -0.2) is 4.79 Å². The predicted molar refractivity (Wildman–Crippen MR) is 80.5 cm³/mol. The first-order valence-corrected chi connectivity index (χ1v) is 7.15. The van der Waals surface area contributed by atoms with Gasteiger partial charge in [0.25, 0.3) is 0 Å². The van der Waals surface area contributed by atoms with E-state index in [1.165, 1.54) is 6.92 Å². The predicted octanol–water partition coefficient (Wildman–Crippen LogP) is 2.86. The van der Waals surface area contributed by atoms with E-state index >= 15 is 0 Å². The van der Waals surface area contributed by atoms with Crippen LogP contribution in [0.1, 0.15) is 43.5 Å². The first-order valence-electron chi connectivity index (χ1n) is 7.15. The van der Waals surface area contributed by atoms with Crippen molar-refractivity contribution in [2.75, 3.05) is 11.9 Å². The number of nitrogens with one attached hydrogen (secondary N) is 1. The van der Waals surface area contributed by atoms with Crippen molar-refractivity contribution >= 4 is 23.3 Å². The van der Waals surface area contributed by atoms with Crippen LogP contribution >= 0.6 is 0 Å². The molecule has 1 aliphatic heterocycles. The summed E-state index contributed by atoms with van der Waals surface area (Å²) in [7, 11) is 0. The zero-order valence-corrected chi connectivity index (χ0v) is 12.4. The lowest BCUT2D eigenvalue weighted by Crippen LogP contribution is -2.39. The second kappa shape index (κ2) is 6.52. The fourth-order valence-corrected chi connectivity index (χ4v) is 2.66. The number of benzene rings is 1. The lowest BCUT2D eigenvalue weighted by atomic mass is 10.1. The lowest BCUT2D eigenvalue weighted by molar-refractivity contribution is -0.117. The molecular formula is C16H20N2O3. The standard InChI is InChI=1S/C16H20N2O3/c1-11(19)9-15-7-4-8-18(15)16(21)17-14-6-3-5-13(10-14)12(2)20/h3,5-6,10,15H,4,7-9H2,1-2H3,(H,17,21). The molecule has 0 saturated carbocycles. The molecule has 0 radical (unpaired) electrons. The van der Waals surface area contributed by atoms with Crippen LogP contribution in [0.2, 0.25) is 0 Å². The zero-order valence-electron chi connectivity index (χ0n) is 12.4. The molecule has 1 aromatic carbocycles. The molecule has 21 heavy (non-hydrogen) atoms. The van der Waals surface area contributed by atoms with Crippen LogP contribution in [-0.2, 0) is 4.79 Å². The van der Waals surface area contributed by atoms with Gasteiger partial charge < -0.3 is 10.2 Å². The van der Waals surface area contributed by atoms with Gasteiger partial charge in [-0.3, -0.25) is 9.59 Å². The number of rotatable bonds is 4. The van der Waals surface area contributed by atoms with Crippen molar-refractivity contribution in [3.8, 4) is 0 Å². The Kier molecular flexibility index (Phi) is 4.73. The van der Waals surface area contributed by atoms with Crippen LogP contribution in [0.15, 0.2) is 24.3 Å². The van der Waals surface area contributed by atoms with E-state index in [-0.39, 0.29) is 23.6 Å². The van der Waals surface area contributed by atoms with Gasteiger partial charge in [0.15, 0.2) is 5.78 Å². The summed E-state index contributed by atoms with van der Waals surface area (Å²) in [6.07, 6.45) is 2.18. The van der Waals surface area contributed by atoms with Crippen LogP contribution in [-0.4, -0.2) is 35.1 Å². The Bertz CT molecular complexity index is 568. The minimum atomic E-state index is -0.209. The fourth-order valence-electron chi connectivity index (χ4n) is 2.66. The topological polar surface area (TPSA) is 66.5 Å². The van der Waals surface area contributed by atoms with Gasteiger partial charge in [0.05, 0.1) is 0 Å². The van der Waals surface area contributed by atoms with Crippen molar-refractivity contribution < 1.29 is 14.4 Å². The number of anilines is 1. The van der Waals surface area contributed by atoms with Gasteiger partial charge in [-0.2, -0.15) is 0 Å². The van der Waals surface area contributed by atoms with Gasteiger partial charge in [-0.05, 0) is 38.8 Å². The Morgan fingerprint density at radius 3 is 2.71 bits per heavy atom. The second-order valence-electron chi connectivity index (χ2n) is 5.46. The average Bonchev–Trinajstić information content (AvgIpc) is 2.86. The molecule has 2 amide bonds. The minimum absolute atomic E-state index is 0.0153. The molecule has 0 bridgehead atoms. The van der Waals surface area contributed by atoms with Gasteiger partial charge in [-0.1, -0.05) is 12.1 Å². The summed E-state index contributed by atoms with van der Waals surface area (Å²) >= 11 is 0. The van der Waals surface area contributed by atoms with Crippen LogP contribution in [0.5, 0.6) is 0 Å². The molecule has 1 saturated heterocycles. The van der Waals surface area contributed by atoms with E-state index in [0.29, 0.717) is 24.2 Å². The third-order valence-electron chi connectivity index (χ3n) is 3.68. The lowest BCUT2D eigenvalue weighted by Gasteiger charge is -2.24. The maximum absolute atomic E-state index is 12.3. The SMILES string of the molecule is CC(=O)CC1CCCN1C(=O)Nc1cccc(C(C)=O)c1. The number of ketones is 2. The quantitative estimate of drug-likeness (QED) is 0.866. The highest BCUT2D eigenvalue weighted by Gasteiger charge is 2.29. The van der Waals surface area contributed by atoms with Crippen molar-refractivity contribution in [1.29, 1.82) is 0 Å². The van der Waals surface area contributed by atoms with Crippen molar-refractivity contribution in [2.45, 2.75) is 39.2 Å². The molecule has 0 spiro atoms. The maximum Gasteiger partial charge on any atom is 0.322 e. The largest absolute Gasteiger partial charge is 0.322 e. The zero-order chi connectivity index (χ0) is 15.4. The van der Waals surface area contributed by atoms with E-state index < -0.39 is 0 Å². The Balaban J connectivity index is 2.05. The number of amides is 2. The highest BCUT2D eigenvalue weighted by Crippen LogP contribution is 2.22. The number of hydrogen-bond acceptors (Lipinski definition) is 3. The van der Waals surface area contributed by atoms with Gasteiger partial charge in [0.2, 0.25) is 0 Å². The van der Waals surface area contributed by atoms with Gasteiger partial charge in [0.1, 0.15) is 5.78 Å². The second-order valence-corrected chi connectivity index (χ2v) is 5.46. The van der Waals surface area contributed by atoms with Gasteiger partial charge in [-0.15, -0.1) is 0 Å². The molecule has 1 aliphatic rings. The van der Waals surface area contributed by atoms with Crippen LogP contribution in [0.4, 0.5) is 10.5 Å². The molecule has 1 atom stereocenters. The molecule has 5 nitrogen and oxygen atoms in total. The van der Waals surface area contributed by atoms with E-state index in [9.17, 15) is 14.4 Å². The molecule has 1 fully saturated rings. The summed E-state index contributed by atoms with van der Waals surface area (Å²) in [5.41, 5.74) is 1.16. The highest BCUT2D eigenvalue weighted by molar-refractivity contribution is 5.96. The Hall–Kier alpha value is -2.17. The molecule has 0 aromatic heterocycles. The highest BCUT2D eigenvalue weighted by atomic mass is 16.2. The third-order valence-corrected chi connectivity index (χ3v) is 3.68. The number of urea groups is 1. The van der Waals surface area contributed by atoms with Crippen molar-refractivity contribution in [3.05, 3.63) is 29.8 Å². The normalized spacial score (nSPS) is 17.6. The Morgan fingerprint density at radius 1 is 1.29 bits per heavy atom. The molecule has 1 unspecified atom stereocenters. The first-order chi connectivity index (χ1) is 9.97. The van der Waals surface area contributed by atoms with E-state index in [2.05, 4.69) is 5.32 Å². The molecule has 1 aromatic rings. The molecule has 0 aliphatic carbocycles. The number of likely N-dealkylation sites (tertiary alicyclic amines) is 1. The van der Waals surface area contributed by atoms with E-state index in [0.717, 1.165) is 12.8 Å². The van der Waals surface area contributed by atoms with Crippen molar-refractivity contribution in [1.82, 2.24) is 4.90 Å². The molecule has 112 valence electrons. The van der Waals surface area contributed by atoms with Gasteiger partial charge >= 0.3 is 6.03 Å². The fraction of sp³-hybridized carbons (Fsp3) is 0.438. The molecule has 1 heterocycles. The Labute approximate surface area is 124 Å². The van der Waals surface area contributed by atoms with Crippen molar-refractivity contribution in [3.63, 3.8) is 0 Å². The summed E-state index contributed by atoms with van der Waals surface area (Å²) in [5, 5.41) is 2.81. The average molecular weight is 288 g/mol. The van der Waals surface area contributed by atoms with E-state index in [1.807, 2.05) is 0 Å². The molecule has 5 heteroatoms. The molecule has 2 rings (SSSR count). The number of hydrogen-bond donors (Lipinski definition) is 1. The maximum atomic E-state index is 12.3. The van der Waals surface area contributed by atoms with Crippen LogP contribution < -0.4 is 5.32 Å². The number of nitrogens with zero attached hydrogens (tertiary/aromatic N) is 1. The number of carbonyl (C=O) groups excluding carboxylic acids is 3. The first kappa shape index (κ1) is 15.2. The molecular weight excluding hydrogens is 268 g/mol. The molecule has 1 N–H and O–H groups in total. The Morgan fingerprint density at radius 2 is 2.05 bits per heavy atom. The van der Waals surface area contributed by atoms with Gasteiger partial charge in [0, 0.05) is 30.3 Å². The smallest absolute Gasteiger partial charge is 0.321 e. The summed E-state index contributed by atoms with van der Waals surface area (Å²) in [5.74, 6) is 0.0556. The van der Waals surface area contributed by atoms with Crippen LogP contribution in [0.25, 0.3) is 0 Å². The summed E-state index contributed by atoms with van der Waals surface area (Å²) < 4.78 is 0. The minimum Gasteiger partial charge on any atom is -0.321 e. The van der Waals surface area contributed by atoms with Crippen molar-refractivity contribution in [2.24, 2.45) is 0 Å². The number of Topliss-reactive ketones (excluding diaryl/α,β-unsaturated/α-hetero) is 2. The van der Waals surface area contributed by atoms with E-state index in [4.69, 9.17) is 0 Å².